The second-order valence-corrected chi connectivity index (χ2v) is 7.17. The number of allylic oxidation sites excluding steroid dienone is 1. The lowest BCUT2D eigenvalue weighted by molar-refractivity contribution is 0.816. The van der Waals surface area contributed by atoms with E-state index in [1.54, 1.807) is 0 Å². The predicted octanol–water partition coefficient (Wildman–Crippen LogP) is 5.53. The molecule has 0 aliphatic heterocycles. The molecule has 0 fully saturated rings. The Morgan fingerprint density at radius 3 is 2.18 bits per heavy atom. The molecule has 0 radical (unpaired) electrons. The summed E-state index contributed by atoms with van der Waals surface area (Å²) in [5, 5.41) is 0. The van der Waals surface area contributed by atoms with Gasteiger partial charge in [0, 0.05) is 9.64 Å². The molecule has 0 saturated carbocycles. The number of hydrogen-bond donors (Lipinski definition) is 0. The number of thioether (sulfide) groups is 1. The molecule has 0 unspecified atom stereocenters. The molecule has 0 nitrogen and oxygen atoms in total. The molecule has 0 spiro atoms. The van der Waals surface area contributed by atoms with Gasteiger partial charge < -0.3 is 0 Å². The molecule has 94 valence electrons. The van der Waals surface area contributed by atoms with Gasteiger partial charge in [0.25, 0.3) is 0 Å². The van der Waals surface area contributed by atoms with E-state index in [0.717, 1.165) is 0 Å². The third-order valence-corrected chi connectivity index (χ3v) is 4.84. The highest BCUT2D eigenvalue weighted by molar-refractivity contribution is 8.00. The Bertz CT molecular complexity index is 435. The lowest BCUT2D eigenvalue weighted by atomic mass is 10.00. The van der Waals surface area contributed by atoms with Crippen LogP contribution >= 0.6 is 11.8 Å². The molecule has 1 heteroatoms. The topological polar surface area (TPSA) is 0 Å². The number of benzene rings is 1. The van der Waals surface area contributed by atoms with Crippen molar-refractivity contribution in [2.24, 2.45) is 0 Å². The molecule has 0 aliphatic rings. The van der Waals surface area contributed by atoms with Gasteiger partial charge in [-0.25, -0.2) is 0 Å². The van der Waals surface area contributed by atoms with E-state index in [0.29, 0.717) is 0 Å². The summed E-state index contributed by atoms with van der Waals surface area (Å²) < 4.78 is 0.164. The molecule has 0 heterocycles. The van der Waals surface area contributed by atoms with Crippen molar-refractivity contribution in [2.75, 3.05) is 0 Å². The van der Waals surface area contributed by atoms with Crippen LogP contribution in [-0.4, -0.2) is 4.75 Å². The number of rotatable bonds is 3. The van der Waals surface area contributed by atoms with Gasteiger partial charge >= 0.3 is 0 Å². The normalized spacial score (nSPS) is 11.5. The summed E-state index contributed by atoms with van der Waals surface area (Å²) in [6, 6.07) is 6.69. The fraction of sp³-hybridized carbons (Fsp3) is 0.500. The maximum atomic E-state index is 2.31. The Morgan fingerprint density at radius 1 is 1.06 bits per heavy atom. The molecule has 0 amide bonds. The van der Waals surface area contributed by atoms with Crippen molar-refractivity contribution < 1.29 is 0 Å². The molecular weight excluding hydrogens is 224 g/mol. The highest BCUT2D eigenvalue weighted by atomic mass is 32.2. The summed E-state index contributed by atoms with van der Waals surface area (Å²) in [6.45, 7) is 15.6. The van der Waals surface area contributed by atoms with Crippen LogP contribution in [0.25, 0.3) is 0 Å². The van der Waals surface area contributed by atoms with Gasteiger partial charge in [0.2, 0.25) is 0 Å². The van der Waals surface area contributed by atoms with Gasteiger partial charge in [-0.15, -0.1) is 11.8 Å². The van der Waals surface area contributed by atoms with Crippen LogP contribution in [0.1, 0.15) is 45.7 Å². The maximum Gasteiger partial charge on any atom is 0.0358 e. The molecule has 0 saturated heterocycles. The van der Waals surface area contributed by atoms with Crippen molar-refractivity contribution >= 4 is 11.8 Å². The minimum atomic E-state index is 0.164. The van der Waals surface area contributed by atoms with Gasteiger partial charge in [0.05, 0.1) is 0 Å². The highest BCUT2D eigenvalue weighted by Gasteiger charge is 2.23. The summed E-state index contributed by atoms with van der Waals surface area (Å²) in [7, 11) is 0. The van der Waals surface area contributed by atoms with Gasteiger partial charge in [-0.05, 0) is 60.1 Å². The number of hydrogen-bond acceptors (Lipinski definition) is 1. The molecule has 0 bridgehead atoms. The van der Waals surface area contributed by atoms with Crippen LogP contribution in [0.15, 0.2) is 34.2 Å². The molecule has 1 aromatic rings. The summed E-state index contributed by atoms with van der Waals surface area (Å²) in [5.74, 6) is 0. The lowest BCUT2D eigenvalue weighted by Gasteiger charge is -2.27. The zero-order chi connectivity index (χ0) is 13.2. The van der Waals surface area contributed by atoms with E-state index in [1.165, 1.54) is 27.2 Å². The molecule has 0 aliphatic carbocycles. The summed E-state index contributed by atoms with van der Waals surface area (Å²) in [4.78, 5) is 1.40. The molecule has 1 rings (SSSR count). The first-order valence-electron chi connectivity index (χ1n) is 6.15. The zero-order valence-corrected chi connectivity index (χ0v) is 13.0. The average molecular weight is 248 g/mol. The van der Waals surface area contributed by atoms with Gasteiger partial charge in [-0.3, -0.25) is 0 Å². The SMILES string of the molecule is CC(C)=C(C)C(C)(C)Sc1cc(C)ccc1C. The van der Waals surface area contributed by atoms with Crippen molar-refractivity contribution in [3.63, 3.8) is 0 Å². The van der Waals surface area contributed by atoms with Crippen molar-refractivity contribution in [3.05, 3.63) is 40.5 Å². The van der Waals surface area contributed by atoms with Crippen LogP contribution in [0, 0.1) is 13.8 Å². The highest BCUT2D eigenvalue weighted by Crippen LogP contribution is 2.40. The van der Waals surface area contributed by atoms with Crippen molar-refractivity contribution in [1.82, 2.24) is 0 Å². The molecule has 17 heavy (non-hydrogen) atoms. The monoisotopic (exact) mass is 248 g/mol. The maximum absolute atomic E-state index is 2.31. The molecule has 0 aromatic heterocycles. The van der Waals surface area contributed by atoms with E-state index in [2.05, 4.69) is 66.7 Å². The van der Waals surface area contributed by atoms with Crippen LogP contribution in [0.5, 0.6) is 0 Å². The minimum absolute atomic E-state index is 0.164. The summed E-state index contributed by atoms with van der Waals surface area (Å²) >= 11 is 1.97. The van der Waals surface area contributed by atoms with Crippen LogP contribution in [0.4, 0.5) is 0 Å². The second kappa shape index (κ2) is 5.30. The predicted molar refractivity (Wildman–Crippen MR) is 79.9 cm³/mol. The first-order chi connectivity index (χ1) is 7.74. The Balaban J connectivity index is 3.06. The van der Waals surface area contributed by atoms with Gasteiger partial charge in [-0.2, -0.15) is 0 Å². The molecular formula is C16H24S. The Kier molecular flexibility index (Phi) is 4.48. The van der Waals surface area contributed by atoms with Gasteiger partial charge in [0.15, 0.2) is 0 Å². The van der Waals surface area contributed by atoms with E-state index in [9.17, 15) is 0 Å². The molecule has 0 N–H and O–H groups in total. The summed E-state index contributed by atoms with van der Waals surface area (Å²) in [5.41, 5.74) is 5.61. The third kappa shape index (κ3) is 3.64. The van der Waals surface area contributed by atoms with Gasteiger partial charge in [-0.1, -0.05) is 28.8 Å². The van der Waals surface area contributed by atoms with Crippen molar-refractivity contribution in [3.8, 4) is 0 Å². The second-order valence-electron chi connectivity index (χ2n) is 5.51. The third-order valence-electron chi connectivity index (χ3n) is 3.36. The van der Waals surface area contributed by atoms with Crippen LogP contribution in [-0.2, 0) is 0 Å². The van der Waals surface area contributed by atoms with E-state index in [4.69, 9.17) is 0 Å². The Hall–Kier alpha value is -0.690. The molecule has 1 aromatic carbocycles. The largest absolute Gasteiger partial charge is 0.115 e. The first-order valence-corrected chi connectivity index (χ1v) is 6.96. The van der Waals surface area contributed by atoms with Gasteiger partial charge in [0.1, 0.15) is 0 Å². The van der Waals surface area contributed by atoms with Crippen molar-refractivity contribution in [1.29, 1.82) is 0 Å². The average Bonchev–Trinajstić information content (AvgIpc) is 2.21. The smallest absolute Gasteiger partial charge is 0.0358 e. The van der Waals surface area contributed by atoms with Crippen LogP contribution < -0.4 is 0 Å². The van der Waals surface area contributed by atoms with E-state index in [1.807, 2.05) is 11.8 Å². The van der Waals surface area contributed by atoms with Crippen LogP contribution in [0.3, 0.4) is 0 Å². The fourth-order valence-electron chi connectivity index (χ4n) is 1.77. The van der Waals surface area contributed by atoms with Crippen LogP contribution in [0.2, 0.25) is 0 Å². The lowest BCUT2D eigenvalue weighted by Crippen LogP contribution is -2.17. The quantitative estimate of drug-likeness (QED) is 0.500. The van der Waals surface area contributed by atoms with E-state index in [-0.39, 0.29) is 4.75 Å². The Labute approximate surface area is 111 Å². The van der Waals surface area contributed by atoms with E-state index >= 15 is 0 Å². The number of aryl methyl sites for hydroxylation is 2. The fourth-order valence-corrected chi connectivity index (χ4v) is 3.15. The standard InChI is InChI=1S/C16H24S/c1-11(2)14(5)16(6,7)17-15-10-12(3)8-9-13(15)4/h8-10H,1-7H3. The first kappa shape index (κ1) is 14.4. The van der Waals surface area contributed by atoms with Crippen molar-refractivity contribution in [2.45, 2.75) is 58.1 Å². The Morgan fingerprint density at radius 2 is 1.65 bits per heavy atom. The van der Waals surface area contributed by atoms with E-state index < -0.39 is 0 Å². The minimum Gasteiger partial charge on any atom is -0.115 e. The molecule has 0 atom stereocenters. The zero-order valence-electron chi connectivity index (χ0n) is 12.1. The summed E-state index contributed by atoms with van der Waals surface area (Å²) in [6.07, 6.45) is 0.